The number of benzene rings is 2. The zero-order valence-electron chi connectivity index (χ0n) is 23.6. The second-order valence-electron chi connectivity index (χ2n) is 10.6. The maximum Gasteiger partial charge on any atom is 0.416 e. The summed E-state index contributed by atoms with van der Waals surface area (Å²) in [6.45, 7) is 5.62. The van der Waals surface area contributed by atoms with Crippen molar-refractivity contribution < 1.29 is 58.6 Å². The van der Waals surface area contributed by atoms with Crippen LogP contribution in [-0.4, -0.2) is 36.3 Å². The number of hydrogen-bond donors (Lipinski definition) is 0. The monoisotopic (exact) mass is 628 g/mol. The zero-order chi connectivity index (χ0) is 32.7. The summed E-state index contributed by atoms with van der Waals surface area (Å²) in [7, 11) is 0.907. The number of rotatable bonds is 5. The fraction of sp³-hybridized carbons (Fsp3) is 0.500. The molecule has 0 saturated carbocycles. The van der Waals surface area contributed by atoms with Crippen molar-refractivity contribution >= 4 is 17.9 Å². The molecule has 2 aromatic rings. The zero-order valence-corrected chi connectivity index (χ0v) is 23.6. The first-order chi connectivity index (χ1) is 19.6. The van der Waals surface area contributed by atoms with Gasteiger partial charge in [0.05, 0.1) is 41.6 Å². The Bertz CT molecular complexity index is 1300. The molecule has 2 aromatic carbocycles. The molecule has 0 saturated heterocycles. The third-order valence-electron chi connectivity index (χ3n) is 6.86. The molecule has 2 amide bonds. The van der Waals surface area contributed by atoms with Crippen LogP contribution >= 0.6 is 0 Å². The highest BCUT2D eigenvalue weighted by atomic mass is 19.4. The highest BCUT2D eigenvalue weighted by Crippen LogP contribution is 2.46. The van der Waals surface area contributed by atoms with Crippen LogP contribution in [0.1, 0.15) is 68.0 Å². The standard InChI is InChI=1S/C28H29F9N2O4/c1-14(2)22-12-23(20-11-17(26(29,30)31)6-7-21(20)39(22)25(41)43-15(3)4)38(24(40)42-5)13-16-8-18(27(32,33)34)10-19(9-16)28(35,36)37/h6-11,14-15,22-23H,12-13H2,1-5H3/t22-,23-/m0/s1. The van der Waals surface area contributed by atoms with Gasteiger partial charge < -0.3 is 9.47 Å². The van der Waals surface area contributed by atoms with E-state index >= 15 is 0 Å². The maximum absolute atomic E-state index is 13.8. The van der Waals surface area contributed by atoms with E-state index in [9.17, 15) is 49.1 Å². The maximum atomic E-state index is 13.8. The van der Waals surface area contributed by atoms with Crippen molar-refractivity contribution in [2.75, 3.05) is 12.0 Å². The fourth-order valence-electron chi connectivity index (χ4n) is 4.94. The van der Waals surface area contributed by atoms with E-state index in [1.165, 1.54) is 0 Å². The molecule has 0 bridgehead atoms. The van der Waals surface area contributed by atoms with Crippen LogP contribution in [0.4, 0.5) is 54.8 Å². The van der Waals surface area contributed by atoms with Crippen molar-refractivity contribution in [1.29, 1.82) is 0 Å². The molecule has 6 nitrogen and oxygen atoms in total. The van der Waals surface area contributed by atoms with E-state index in [0.29, 0.717) is 18.2 Å². The van der Waals surface area contributed by atoms with Crippen LogP contribution in [0.3, 0.4) is 0 Å². The van der Waals surface area contributed by atoms with Crippen molar-refractivity contribution in [3.63, 3.8) is 0 Å². The van der Waals surface area contributed by atoms with Gasteiger partial charge in [0.2, 0.25) is 0 Å². The summed E-state index contributed by atoms with van der Waals surface area (Å²) in [6, 6.07) is 1.03. The van der Waals surface area contributed by atoms with Crippen molar-refractivity contribution in [3.05, 3.63) is 64.2 Å². The van der Waals surface area contributed by atoms with Crippen LogP contribution in [0.2, 0.25) is 0 Å². The van der Waals surface area contributed by atoms with Gasteiger partial charge in [0.25, 0.3) is 0 Å². The Labute approximate surface area is 241 Å². The molecule has 1 heterocycles. The summed E-state index contributed by atoms with van der Waals surface area (Å²) in [5.74, 6) is -0.387. The fourth-order valence-corrected chi connectivity index (χ4v) is 4.94. The van der Waals surface area contributed by atoms with E-state index in [2.05, 4.69) is 0 Å². The third-order valence-corrected chi connectivity index (χ3v) is 6.86. The minimum absolute atomic E-state index is 0.0671. The largest absolute Gasteiger partial charge is 0.453 e. The van der Waals surface area contributed by atoms with Gasteiger partial charge in [-0.25, -0.2) is 9.59 Å². The third kappa shape index (κ3) is 7.66. The molecule has 0 unspecified atom stereocenters. The molecule has 1 aliphatic rings. The highest BCUT2D eigenvalue weighted by Gasteiger charge is 2.44. The molecule has 0 fully saturated rings. The number of halogens is 9. The van der Waals surface area contributed by atoms with Gasteiger partial charge >= 0.3 is 30.7 Å². The average Bonchev–Trinajstić information content (AvgIpc) is 2.87. The van der Waals surface area contributed by atoms with E-state index in [1.807, 2.05) is 0 Å². The number of methoxy groups -OCH3 is 1. The van der Waals surface area contributed by atoms with E-state index in [4.69, 9.17) is 9.47 Å². The van der Waals surface area contributed by atoms with Gasteiger partial charge in [0, 0.05) is 12.6 Å². The van der Waals surface area contributed by atoms with Crippen molar-refractivity contribution in [2.24, 2.45) is 5.92 Å². The molecule has 0 aliphatic carbocycles. The Morgan fingerprint density at radius 2 is 1.40 bits per heavy atom. The molecule has 0 radical (unpaired) electrons. The smallest absolute Gasteiger partial charge is 0.416 e. The number of fused-ring (bicyclic) bond motifs is 1. The van der Waals surface area contributed by atoms with Crippen LogP contribution < -0.4 is 4.90 Å². The molecule has 2 atom stereocenters. The van der Waals surface area contributed by atoms with Crippen molar-refractivity contribution in [2.45, 2.75) is 77.4 Å². The first-order valence-electron chi connectivity index (χ1n) is 13.0. The Morgan fingerprint density at radius 1 is 0.860 bits per heavy atom. The van der Waals surface area contributed by atoms with Gasteiger partial charge in [-0.2, -0.15) is 39.5 Å². The molecule has 238 valence electrons. The van der Waals surface area contributed by atoms with Gasteiger partial charge in [0.15, 0.2) is 0 Å². The second kappa shape index (κ2) is 12.2. The summed E-state index contributed by atoms with van der Waals surface area (Å²) in [4.78, 5) is 28.1. The number of alkyl halides is 9. The molecule has 43 heavy (non-hydrogen) atoms. The number of ether oxygens (including phenoxy) is 2. The van der Waals surface area contributed by atoms with Crippen LogP contribution in [0.25, 0.3) is 0 Å². The van der Waals surface area contributed by atoms with Crippen LogP contribution in [-0.2, 0) is 34.5 Å². The summed E-state index contributed by atoms with van der Waals surface area (Å²) >= 11 is 0. The van der Waals surface area contributed by atoms with Gasteiger partial charge in [-0.3, -0.25) is 9.80 Å². The number of hydrogen-bond acceptors (Lipinski definition) is 4. The van der Waals surface area contributed by atoms with Crippen molar-refractivity contribution in [3.8, 4) is 0 Å². The van der Waals surface area contributed by atoms with E-state index in [-0.39, 0.29) is 29.7 Å². The lowest BCUT2D eigenvalue weighted by atomic mass is 9.84. The SMILES string of the molecule is COC(=O)N(Cc1cc(C(F)(F)F)cc(C(F)(F)F)c1)[C@H]1C[C@@H](C(C)C)N(C(=O)OC(C)C)c2ccc(C(F)(F)F)cc21. The van der Waals surface area contributed by atoms with Gasteiger partial charge in [-0.15, -0.1) is 0 Å². The average molecular weight is 629 g/mol. The first kappa shape index (κ1) is 33.8. The number of carbonyl (C=O) groups excluding carboxylic acids is 2. The molecule has 0 N–H and O–H groups in total. The Kier molecular flexibility index (Phi) is 9.57. The molecule has 0 aromatic heterocycles. The Balaban J connectivity index is 2.26. The van der Waals surface area contributed by atoms with Gasteiger partial charge in [0.1, 0.15) is 0 Å². The van der Waals surface area contributed by atoms with Crippen molar-refractivity contribution in [1.82, 2.24) is 4.90 Å². The predicted octanol–water partition coefficient (Wildman–Crippen LogP) is 8.83. The highest BCUT2D eigenvalue weighted by molar-refractivity contribution is 5.91. The molecule has 3 rings (SSSR count). The van der Waals surface area contributed by atoms with E-state index < -0.39 is 77.7 Å². The van der Waals surface area contributed by atoms with Crippen LogP contribution in [0.5, 0.6) is 0 Å². The van der Waals surface area contributed by atoms with Crippen LogP contribution in [0.15, 0.2) is 36.4 Å². The number of carbonyl (C=O) groups is 2. The molecule has 0 spiro atoms. The summed E-state index contributed by atoms with van der Waals surface area (Å²) in [5.41, 5.74) is -5.30. The molecule has 15 heteroatoms. The minimum Gasteiger partial charge on any atom is -0.453 e. The first-order valence-corrected chi connectivity index (χ1v) is 13.0. The Hall–Kier alpha value is -3.65. The van der Waals surface area contributed by atoms with Crippen LogP contribution in [0, 0.1) is 5.92 Å². The normalized spacial score (nSPS) is 17.6. The molecule has 1 aliphatic heterocycles. The topological polar surface area (TPSA) is 59.1 Å². The van der Waals surface area contributed by atoms with E-state index in [0.717, 1.165) is 29.0 Å². The van der Waals surface area contributed by atoms with Gasteiger partial charge in [-0.05, 0) is 73.7 Å². The summed E-state index contributed by atoms with van der Waals surface area (Å²) in [5, 5.41) is 0. The number of anilines is 1. The van der Waals surface area contributed by atoms with E-state index in [1.54, 1.807) is 27.7 Å². The number of amides is 2. The lowest BCUT2D eigenvalue weighted by Crippen LogP contribution is -2.51. The lowest BCUT2D eigenvalue weighted by molar-refractivity contribution is -0.143. The molecular formula is C28H29F9N2O4. The van der Waals surface area contributed by atoms with Gasteiger partial charge in [-0.1, -0.05) is 13.8 Å². The number of nitrogens with zero attached hydrogens (tertiary/aromatic N) is 2. The lowest BCUT2D eigenvalue weighted by Gasteiger charge is -2.45. The predicted molar refractivity (Wildman–Crippen MR) is 136 cm³/mol. The molecular weight excluding hydrogens is 599 g/mol. The summed E-state index contributed by atoms with van der Waals surface area (Å²) < 4.78 is 133. The summed E-state index contributed by atoms with van der Waals surface area (Å²) in [6.07, 6.45) is -18.2. The minimum atomic E-state index is -5.18. The Morgan fingerprint density at radius 3 is 1.84 bits per heavy atom. The quantitative estimate of drug-likeness (QED) is 0.311. The second-order valence-corrected chi connectivity index (χ2v) is 10.6.